The zero-order valence-electron chi connectivity index (χ0n) is 12.7. The molecule has 0 aliphatic rings. The second kappa shape index (κ2) is 17.4. The Morgan fingerprint density at radius 2 is 1.58 bits per heavy atom. The molecule has 118 valence electrons. The summed E-state index contributed by atoms with van der Waals surface area (Å²) in [6.07, 6.45) is 5.12. The van der Waals surface area contributed by atoms with Gasteiger partial charge in [-0.1, -0.05) is 0 Å². The third kappa shape index (κ3) is 21.8. The van der Waals surface area contributed by atoms with E-state index in [9.17, 15) is 0 Å². The SMILES string of the molecule is CCCCC(CC)C[O][V+3][O]CC(C)(C)C.[Cl-].[Cl-].[Cl-]. The fourth-order valence-electron chi connectivity index (χ4n) is 1.29. The van der Waals surface area contributed by atoms with E-state index in [1.807, 2.05) is 0 Å². The summed E-state index contributed by atoms with van der Waals surface area (Å²) in [4.78, 5) is 0. The van der Waals surface area contributed by atoms with Gasteiger partial charge in [0.25, 0.3) is 0 Å². The van der Waals surface area contributed by atoms with Crippen LogP contribution in [-0.2, 0) is 24.3 Å². The Hall–Kier alpha value is 1.37. The molecule has 0 spiro atoms. The van der Waals surface area contributed by atoms with Crippen molar-refractivity contribution in [2.75, 3.05) is 13.2 Å². The van der Waals surface area contributed by atoms with Crippen LogP contribution in [0.5, 0.6) is 0 Å². The largest absolute Gasteiger partial charge is 1.00 e. The predicted octanol–water partition coefficient (Wildman–Crippen LogP) is -4.79. The molecule has 0 bridgehead atoms. The molecule has 0 fully saturated rings. The van der Waals surface area contributed by atoms with Gasteiger partial charge in [0, 0.05) is 0 Å². The van der Waals surface area contributed by atoms with E-state index >= 15 is 0 Å². The van der Waals surface area contributed by atoms with Crippen LogP contribution in [0.15, 0.2) is 0 Å². The number of unbranched alkanes of at least 4 members (excludes halogenated alkanes) is 1. The Balaban J connectivity index is -0.000000375. The van der Waals surface area contributed by atoms with Gasteiger partial charge >= 0.3 is 109 Å². The van der Waals surface area contributed by atoms with Crippen LogP contribution in [0.25, 0.3) is 0 Å². The first-order valence-corrected chi connectivity index (χ1v) is 7.58. The Morgan fingerprint density at radius 3 is 2.00 bits per heavy atom. The van der Waals surface area contributed by atoms with Crippen molar-refractivity contribution >= 4 is 0 Å². The summed E-state index contributed by atoms with van der Waals surface area (Å²) < 4.78 is 11.2. The standard InChI is InChI=1S/C8H17O.C5H11O.3ClH.V/c1-3-5-6-8(4-2)7-9;1-5(2,3)4-6;;;;/h8H,3-7H2,1-2H3;4H2,1-3H3;3*1H;/q2*-1;;;;+5/p-3. The van der Waals surface area contributed by atoms with Gasteiger partial charge in [-0.15, -0.1) is 0 Å². The second-order valence-electron chi connectivity index (χ2n) is 5.62. The Morgan fingerprint density at radius 1 is 1.00 bits per heavy atom. The second-order valence-corrected chi connectivity index (χ2v) is 6.66. The maximum absolute atomic E-state index is 5.65. The maximum atomic E-state index is 5.65. The smallest absolute Gasteiger partial charge is 1.00 e. The molecule has 0 aliphatic carbocycles. The van der Waals surface area contributed by atoms with E-state index in [0.29, 0.717) is 0 Å². The van der Waals surface area contributed by atoms with Crippen LogP contribution in [0.2, 0.25) is 0 Å². The van der Waals surface area contributed by atoms with E-state index in [-0.39, 0.29) is 59.6 Å². The van der Waals surface area contributed by atoms with Crippen LogP contribution in [0.1, 0.15) is 60.3 Å². The van der Waals surface area contributed by atoms with Crippen LogP contribution in [-0.4, -0.2) is 13.2 Å². The van der Waals surface area contributed by atoms with Gasteiger partial charge < -0.3 is 37.2 Å². The van der Waals surface area contributed by atoms with Crippen LogP contribution >= 0.6 is 0 Å². The molecule has 0 heterocycles. The third-order valence-corrected chi connectivity index (χ3v) is 3.22. The zero-order valence-corrected chi connectivity index (χ0v) is 16.4. The van der Waals surface area contributed by atoms with Crippen molar-refractivity contribution in [3.63, 3.8) is 0 Å². The first-order valence-electron chi connectivity index (χ1n) is 6.44. The number of halogens is 3. The first kappa shape index (κ1) is 28.5. The zero-order chi connectivity index (χ0) is 12.4. The molecule has 2 nitrogen and oxygen atoms in total. The minimum atomic E-state index is -0.358. The van der Waals surface area contributed by atoms with E-state index in [1.54, 1.807) is 0 Å². The molecule has 0 radical (unpaired) electrons. The molecule has 0 N–H and O–H groups in total. The number of rotatable bonds is 9. The van der Waals surface area contributed by atoms with Crippen LogP contribution in [0.4, 0.5) is 0 Å². The van der Waals surface area contributed by atoms with Crippen molar-refractivity contribution in [2.24, 2.45) is 11.3 Å². The first-order chi connectivity index (χ1) is 7.49. The Kier molecular flexibility index (Phi) is 26.2. The van der Waals surface area contributed by atoms with Gasteiger partial charge in [0.2, 0.25) is 0 Å². The summed E-state index contributed by atoms with van der Waals surface area (Å²) in [6, 6.07) is 0. The molecular weight excluding hydrogens is 345 g/mol. The van der Waals surface area contributed by atoms with Gasteiger partial charge in [-0.05, 0) is 0 Å². The van der Waals surface area contributed by atoms with Gasteiger partial charge in [-0.2, -0.15) is 0 Å². The summed E-state index contributed by atoms with van der Waals surface area (Å²) in [5, 5.41) is 0. The molecule has 0 aliphatic heterocycles. The minimum Gasteiger partial charge on any atom is -1.00 e. The fourth-order valence-corrected chi connectivity index (χ4v) is 2.52. The van der Waals surface area contributed by atoms with Crippen molar-refractivity contribution in [2.45, 2.75) is 60.3 Å². The topological polar surface area (TPSA) is 18.5 Å². The summed E-state index contributed by atoms with van der Waals surface area (Å²) in [6.45, 7) is 12.7. The molecule has 1 atom stereocenters. The van der Waals surface area contributed by atoms with E-state index in [4.69, 9.17) is 7.32 Å². The summed E-state index contributed by atoms with van der Waals surface area (Å²) >= 11 is -0.358. The molecule has 0 saturated carbocycles. The minimum absolute atomic E-state index is 0. The summed E-state index contributed by atoms with van der Waals surface area (Å²) in [5.74, 6) is 0.730. The van der Waals surface area contributed by atoms with Crippen molar-refractivity contribution in [1.82, 2.24) is 0 Å². The molecule has 0 amide bonds. The fraction of sp³-hybridized carbons (Fsp3) is 1.00. The van der Waals surface area contributed by atoms with E-state index < -0.39 is 0 Å². The predicted molar refractivity (Wildman–Crippen MR) is 64.7 cm³/mol. The number of hydrogen-bond donors (Lipinski definition) is 0. The molecule has 6 heteroatoms. The summed E-state index contributed by atoms with van der Waals surface area (Å²) in [5.41, 5.74) is 0.255. The average molecular weight is 374 g/mol. The molecule has 0 aromatic heterocycles. The Labute approximate surface area is 146 Å². The number of hydrogen-bond acceptors (Lipinski definition) is 2. The molecule has 1 unspecified atom stereocenters. The molecule has 0 aromatic carbocycles. The normalized spacial score (nSPS) is 11.4. The molecule has 0 saturated heterocycles. The third-order valence-electron chi connectivity index (χ3n) is 2.46. The van der Waals surface area contributed by atoms with Crippen molar-refractivity contribution < 1.29 is 61.5 Å². The van der Waals surface area contributed by atoms with Gasteiger partial charge in [-0.3, -0.25) is 0 Å². The van der Waals surface area contributed by atoms with Crippen molar-refractivity contribution in [3.05, 3.63) is 0 Å². The van der Waals surface area contributed by atoms with Gasteiger partial charge in [-0.25, -0.2) is 0 Å². The molecule has 0 rings (SSSR count). The van der Waals surface area contributed by atoms with Crippen LogP contribution < -0.4 is 37.2 Å². The molecule has 19 heavy (non-hydrogen) atoms. The van der Waals surface area contributed by atoms with Crippen molar-refractivity contribution in [1.29, 1.82) is 0 Å². The quantitative estimate of drug-likeness (QED) is 0.378. The Bertz CT molecular complexity index is 166. The van der Waals surface area contributed by atoms with Crippen LogP contribution in [0, 0.1) is 11.3 Å². The molecule has 0 aromatic rings. The van der Waals surface area contributed by atoms with Crippen LogP contribution in [0.3, 0.4) is 0 Å². The van der Waals surface area contributed by atoms with E-state index in [1.165, 1.54) is 25.7 Å². The van der Waals surface area contributed by atoms with E-state index in [0.717, 1.165) is 19.1 Å². The summed E-state index contributed by atoms with van der Waals surface area (Å²) in [7, 11) is 0. The van der Waals surface area contributed by atoms with Gasteiger partial charge in [0.05, 0.1) is 0 Å². The van der Waals surface area contributed by atoms with Gasteiger partial charge in [0.15, 0.2) is 0 Å². The van der Waals surface area contributed by atoms with Crippen molar-refractivity contribution in [3.8, 4) is 0 Å². The maximum Gasteiger partial charge on any atom is -1.00 e. The average Bonchev–Trinajstić information content (AvgIpc) is 2.20. The van der Waals surface area contributed by atoms with Gasteiger partial charge in [0.1, 0.15) is 0 Å². The molecular formula is C13H28Cl3O2V. The van der Waals surface area contributed by atoms with E-state index in [2.05, 4.69) is 34.6 Å². The monoisotopic (exact) mass is 372 g/mol.